The van der Waals surface area contributed by atoms with Crippen molar-refractivity contribution in [2.24, 2.45) is 0 Å². The van der Waals surface area contributed by atoms with Gasteiger partial charge in [-0.2, -0.15) is 10.1 Å². The average Bonchev–Trinajstić information content (AvgIpc) is 3.12. The molecule has 0 unspecified atom stereocenters. The van der Waals surface area contributed by atoms with Crippen LogP contribution in [-0.4, -0.2) is 44.6 Å². The molecule has 3 heterocycles. The maximum absolute atomic E-state index is 9.92. The molecule has 1 aliphatic heterocycles. The predicted molar refractivity (Wildman–Crippen MR) is 110 cm³/mol. The fraction of sp³-hybridized carbons (Fsp3) is 0.476. The van der Waals surface area contributed by atoms with E-state index in [-0.39, 0.29) is 12.1 Å². The van der Waals surface area contributed by atoms with Crippen LogP contribution in [0.3, 0.4) is 0 Å². The molecule has 7 heteroatoms. The Morgan fingerprint density at radius 3 is 2.50 bits per heavy atom. The monoisotopic (exact) mass is 397 g/mol. The minimum Gasteiger partial charge on any atom is -0.394 e. The molecule has 2 aromatic heterocycles. The number of nitrogens with zero attached hydrogens (tertiary/aromatic N) is 5. The minimum absolute atomic E-state index is 0.107. The van der Waals surface area contributed by atoms with Gasteiger partial charge in [0.1, 0.15) is 0 Å². The molecule has 0 atom stereocenters. The van der Waals surface area contributed by atoms with Crippen molar-refractivity contribution in [3.05, 3.63) is 47.2 Å². The summed E-state index contributed by atoms with van der Waals surface area (Å²) in [6, 6.07) is 8.21. The fourth-order valence-corrected chi connectivity index (χ4v) is 4.60. The Hall–Kier alpha value is -2.18. The number of piperidine rings is 1. The van der Waals surface area contributed by atoms with Crippen molar-refractivity contribution < 1.29 is 5.11 Å². The summed E-state index contributed by atoms with van der Waals surface area (Å²) < 4.78 is 1.93. The van der Waals surface area contributed by atoms with Crippen molar-refractivity contribution in [2.75, 3.05) is 24.6 Å². The summed E-state index contributed by atoms with van der Waals surface area (Å²) in [5, 5.41) is 16.2. The van der Waals surface area contributed by atoms with Gasteiger partial charge >= 0.3 is 0 Å². The summed E-state index contributed by atoms with van der Waals surface area (Å²) in [7, 11) is 0. The molecule has 2 fully saturated rings. The summed E-state index contributed by atoms with van der Waals surface area (Å²) in [4.78, 5) is 11.7. The molecule has 0 bridgehead atoms. The number of halogens is 1. The Balaban J connectivity index is 1.36. The first kappa shape index (κ1) is 17.9. The number of benzene rings is 1. The lowest BCUT2D eigenvalue weighted by atomic mass is 9.77. The van der Waals surface area contributed by atoms with E-state index in [4.69, 9.17) is 16.6 Å². The Morgan fingerprint density at radius 1 is 1.11 bits per heavy atom. The second-order valence-corrected chi connectivity index (χ2v) is 8.49. The molecule has 1 N–H and O–H groups in total. The number of hydrogen-bond acceptors (Lipinski definition) is 5. The van der Waals surface area contributed by atoms with Gasteiger partial charge in [-0.25, -0.2) is 9.67 Å². The molecule has 0 amide bonds. The van der Waals surface area contributed by atoms with Gasteiger partial charge in [0.25, 0.3) is 0 Å². The van der Waals surface area contributed by atoms with E-state index in [1.807, 2.05) is 29.2 Å². The standard InChI is InChI=1S/C21H24ClN5O/c22-18-4-2-15(3-5-18)16-6-10-26(11-7-16)20-23-12-17-13-24-27(19(17)25-20)21(14-28)8-1-9-21/h2-5,12-13,16,28H,1,6-11,14H2. The Kier molecular flexibility index (Phi) is 4.48. The van der Waals surface area contributed by atoms with Crippen LogP contribution in [0.5, 0.6) is 0 Å². The molecule has 2 aliphatic rings. The molecule has 1 saturated carbocycles. The molecular formula is C21H24ClN5O. The largest absolute Gasteiger partial charge is 0.394 e. The van der Waals surface area contributed by atoms with E-state index < -0.39 is 0 Å². The minimum atomic E-state index is -0.283. The third-order valence-corrected chi connectivity index (χ3v) is 6.70. The van der Waals surface area contributed by atoms with Crippen LogP contribution in [0.25, 0.3) is 11.0 Å². The first-order valence-electron chi connectivity index (χ1n) is 10.0. The molecule has 1 saturated heterocycles. The van der Waals surface area contributed by atoms with Gasteiger partial charge in [0.15, 0.2) is 5.65 Å². The highest BCUT2D eigenvalue weighted by atomic mass is 35.5. The third kappa shape index (κ3) is 2.95. The smallest absolute Gasteiger partial charge is 0.227 e. The summed E-state index contributed by atoms with van der Waals surface area (Å²) in [6.45, 7) is 1.96. The van der Waals surface area contributed by atoms with E-state index in [2.05, 4.69) is 27.1 Å². The third-order valence-electron chi connectivity index (χ3n) is 6.44. The molecule has 0 radical (unpaired) electrons. The highest BCUT2D eigenvalue weighted by molar-refractivity contribution is 6.30. The van der Waals surface area contributed by atoms with E-state index in [0.29, 0.717) is 5.92 Å². The zero-order valence-electron chi connectivity index (χ0n) is 15.8. The van der Waals surface area contributed by atoms with E-state index >= 15 is 0 Å². The van der Waals surface area contributed by atoms with Crippen LogP contribution in [0.2, 0.25) is 5.02 Å². The van der Waals surface area contributed by atoms with E-state index in [9.17, 15) is 5.11 Å². The highest BCUT2D eigenvalue weighted by Gasteiger charge is 2.40. The Labute approximate surface area is 169 Å². The quantitative estimate of drug-likeness (QED) is 0.726. The number of aliphatic hydroxyl groups is 1. The van der Waals surface area contributed by atoms with Crippen molar-refractivity contribution in [3.63, 3.8) is 0 Å². The number of hydrogen-bond donors (Lipinski definition) is 1. The SMILES string of the molecule is OCC1(n2ncc3cnc(N4CCC(c5ccc(Cl)cc5)CC4)nc32)CCC1. The second kappa shape index (κ2) is 7.01. The second-order valence-electron chi connectivity index (χ2n) is 8.05. The van der Waals surface area contributed by atoms with Gasteiger partial charge in [0.2, 0.25) is 5.95 Å². The summed E-state index contributed by atoms with van der Waals surface area (Å²) in [6.07, 6.45) is 8.83. The number of fused-ring (bicyclic) bond motifs is 1. The number of rotatable bonds is 4. The van der Waals surface area contributed by atoms with Crippen molar-refractivity contribution >= 4 is 28.6 Å². The highest BCUT2D eigenvalue weighted by Crippen LogP contribution is 2.40. The van der Waals surface area contributed by atoms with E-state index in [0.717, 1.165) is 67.2 Å². The summed E-state index contributed by atoms with van der Waals surface area (Å²) >= 11 is 6.01. The molecule has 3 aromatic rings. The lowest BCUT2D eigenvalue weighted by Crippen LogP contribution is -2.44. The van der Waals surface area contributed by atoms with Crippen LogP contribution in [0.1, 0.15) is 43.6 Å². The molecule has 146 valence electrons. The van der Waals surface area contributed by atoms with Crippen LogP contribution >= 0.6 is 11.6 Å². The molecule has 28 heavy (non-hydrogen) atoms. The number of anilines is 1. The predicted octanol–water partition coefficient (Wildman–Crippen LogP) is 3.74. The number of aromatic nitrogens is 4. The Bertz CT molecular complexity index is 969. The zero-order chi connectivity index (χ0) is 19.1. The summed E-state index contributed by atoms with van der Waals surface area (Å²) in [5.41, 5.74) is 1.90. The van der Waals surface area contributed by atoms with Gasteiger partial charge in [-0.1, -0.05) is 23.7 Å². The van der Waals surface area contributed by atoms with Gasteiger partial charge in [-0.15, -0.1) is 0 Å². The molecule has 1 aromatic carbocycles. The maximum Gasteiger partial charge on any atom is 0.227 e. The van der Waals surface area contributed by atoms with Gasteiger partial charge in [0.05, 0.1) is 23.7 Å². The van der Waals surface area contributed by atoms with Crippen molar-refractivity contribution in [1.29, 1.82) is 0 Å². The van der Waals surface area contributed by atoms with Crippen LogP contribution in [-0.2, 0) is 5.54 Å². The molecule has 5 rings (SSSR count). The van der Waals surface area contributed by atoms with Crippen LogP contribution in [0.4, 0.5) is 5.95 Å². The fourth-order valence-electron chi connectivity index (χ4n) is 4.48. The van der Waals surface area contributed by atoms with Crippen molar-refractivity contribution in [2.45, 2.75) is 43.6 Å². The first-order chi connectivity index (χ1) is 13.7. The van der Waals surface area contributed by atoms with Crippen molar-refractivity contribution in [1.82, 2.24) is 19.7 Å². The average molecular weight is 398 g/mol. The zero-order valence-corrected chi connectivity index (χ0v) is 16.5. The number of aliphatic hydroxyl groups excluding tert-OH is 1. The molecule has 1 aliphatic carbocycles. The van der Waals surface area contributed by atoms with Crippen LogP contribution in [0.15, 0.2) is 36.7 Å². The lowest BCUT2D eigenvalue weighted by molar-refractivity contribution is 0.0474. The molecule has 0 spiro atoms. The van der Waals surface area contributed by atoms with Crippen LogP contribution < -0.4 is 4.90 Å². The van der Waals surface area contributed by atoms with Gasteiger partial charge in [-0.3, -0.25) is 0 Å². The Morgan fingerprint density at radius 2 is 1.86 bits per heavy atom. The van der Waals surface area contributed by atoms with E-state index in [1.54, 1.807) is 0 Å². The van der Waals surface area contributed by atoms with E-state index in [1.165, 1.54) is 5.56 Å². The molecule has 6 nitrogen and oxygen atoms in total. The van der Waals surface area contributed by atoms with Crippen LogP contribution in [0, 0.1) is 0 Å². The maximum atomic E-state index is 9.92. The normalized spacial score (nSPS) is 19.7. The van der Waals surface area contributed by atoms with Gasteiger partial charge in [0, 0.05) is 24.3 Å². The first-order valence-corrected chi connectivity index (χ1v) is 10.4. The van der Waals surface area contributed by atoms with Crippen molar-refractivity contribution in [3.8, 4) is 0 Å². The molecular weight excluding hydrogens is 374 g/mol. The topological polar surface area (TPSA) is 67.1 Å². The van der Waals surface area contributed by atoms with Gasteiger partial charge in [-0.05, 0) is 55.7 Å². The lowest BCUT2D eigenvalue weighted by Gasteiger charge is -2.40. The van der Waals surface area contributed by atoms with Gasteiger partial charge < -0.3 is 10.0 Å². The summed E-state index contributed by atoms with van der Waals surface area (Å²) in [5.74, 6) is 1.31.